The largest absolute Gasteiger partial charge is 0.507 e. The number of phenols is 1. The number of hydrogen-bond donors (Lipinski definition) is 4. The van der Waals surface area contributed by atoms with Gasteiger partial charge < -0.3 is 15.8 Å². The van der Waals surface area contributed by atoms with Crippen LogP contribution < -0.4 is 16.2 Å². The summed E-state index contributed by atoms with van der Waals surface area (Å²) in [7, 11) is 0. The molecule has 0 saturated heterocycles. The minimum absolute atomic E-state index is 0.0167. The fraction of sp³-hybridized carbons (Fsp3) is 0.0588. The van der Waals surface area contributed by atoms with E-state index in [-0.39, 0.29) is 11.3 Å². The topological polar surface area (TPSA) is 90.5 Å². The summed E-state index contributed by atoms with van der Waals surface area (Å²) in [6.07, 6.45) is 1.18. The van der Waals surface area contributed by atoms with Crippen LogP contribution in [-0.4, -0.2) is 16.9 Å². The standard InChI is InChI=1S/C17H15ClFN3O3/c1-10(7-16(24)20-13-4-2-3-12(19)9-13)21-22-17(25)14-8-11(18)5-6-15(14)23/h2-9,21,23H,1H3,(H,20,24)(H,22,25)/b10-7-. The Balaban J connectivity index is 1.93. The van der Waals surface area contributed by atoms with E-state index in [9.17, 15) is 19.1 Å². The number of carbonyl (C=O) groups excluding carboxylic acids is 2. The van der Waals surface area contributed by atoms with Gasteiger partial charge >= 0.3 is 0 Å². The fourth-order valence-corrected chi connectivity index (χ4v) is 2.06. The number of allylic oxidation sites excluding steroid dienone is 1. The fourth-order valence-electron chi connectivity index (χ4n) is 1.89. The highest BCUT2D eigenvalue weighted by molar-refractivity contribution is 6.31. The Kier molecular flexibility index (Phi) is 5.97. The van der Waals surface area contributed by atoms with Gasteiger partial charge in [0, 0.05) is 22.5 Å². The summed E-state index contributed by atoms with van der Waals surface area (Å²) < 4.78 is 13.1. The summed E-state index contributed by atoms with van der Waals surface area (Å²) in [5.74, 6) is -1.83. The summed E-state index contributed by atoms with van der Waals surface area (Å²) >= 11 is 5.78. The van der Waals surface area contributed by atoms with Gasteiger partial charge in [0.05, 0.1) is 5.56 Å². The van der Waals surface area contributed by atoms with Gasteiger partial charge in [-0.2, -0.15) is 0 Å². The molecule has 8 heteroatoms. The van der Waals surface area contributed by atoms with Crippen molar-refractivity contribution in [2.45, 2.75) is 6.92 Å². The molecule has 0 aliphatic carbocycles. The van der Waals surface area contributed by atoms with Gasteiger partial charge in [0.1, 0.15) is 11.6 Å². The van der Waals surface area contributed by atoms with Crippen LogP contribution in [0.25, 0.3) is 0 Å². The number of carbonyl (C=O) groups is 2. The predicted molar refractivity (Wildman–Crippen MR) is 92.5 cm³/mol. The second kappa shape index (κ2) is 8.16. The average molecular weight is 364 g/mol. The molecule has 0 bridgehead atoms. The Bertz CT molecular complexity index is 840. The number of amides is 2. The first-order valence-corrected chi connectivity index (χ1v) is 7.52. The zero-order chi connectivity index (χ0) is 18.4. The highest BCUT2D eigenvalue weighted by Crippen LogP contribution is 2.21. The van der Waals surface area contributed by atoms with Crippen LogP contribution >= 0.6 is 11.6 Å². The molecule has 2 amide bonds. The normalized spacial score (nSPS) is 10.9. The Morgan fingerprint density at radius 3 is 2.64 bits per heavy atom. The van der Waals surface area contributed by atoms with Gasteiger partial charge in [-0.25, -0.2) is 4.39 Å². The smallest absolute Gasteiger partial charge is 0.273 e. The summed E-state index contributed by atoms with van der Waals surface area (Å²) in [6, 6.07) is 9.51. The van der Waals surface area contributed by atoms with Crippen molar-refractivity contribution in [2.24, 2.45) is 0 Å². The number of rotatable bonds is 5. The van der Waals surface area contributed by atoms with Crippen LogP contribution in [0.2, 0.25) is 5.02 Å². The van der Waals surface area contributed by atoms with Crippen molar-refractivity contribution in [3.05, 3.63) is 70.6 Å². The maximum atomic E-state index is 13.1. The third-order valence-corrected chi connectivity index (χ3v) is 3.25. The number of halogens is 2. The summed E-state index contributed by atoms with van der Waals surface area (Å²) in [6.45, 7) is 1.54. The zero-order valence-electron chi connectivity index (χ0n) is 13.1. The molecule has 0 heterocycles. The van der Waals surface area contributed by atoms with Crippen LogP contribution in [0.5, 0.6) is 5.75 Å². The molecule has 25 heavy (non-hydrogen) atoms. The maximum absolute atomic E-state index is 13.1. The van der Waals surface area contributed by atoms with Gasteiger partial charge in [0.25, 0.3) is 5.91 Å². The number of nitrogens with one attached hydrogen (secondary N) is 3. The molecule has 0 aliphatic rings. The molecular weight excluding hydrogens is 349 g/mol. The first kappa shape index (κ1) is 18.3. The van der Waals surface area contributed by atoms with E-state index in [1.807, 2.05) is 0 Å². The quantitative estimate of drug-likeness (QED) is 0.485. The lowest BCUT2D eigenvalue weighted by Gasteiger charge is -2.10. The zero-order valence-corrected chi connectivity index (χ0v) is 13.9. The molecule has 0 saturated carbocycles. The van der Waals surface area contributed by atoms with Gasteiger partial charge in [0.2, 0.25) is 5.91 Å². The van der Waals surface area contributed by atoms with Crippen LogP contribution in [0.1, 0.15) is 17.3 Å². The van der Waals surface area contributed by atoms with Crippen molar-refractivity contribution in [3.8, 4) is 5.75 Å². The van der Waals surface area contributed by atoms with Gasteiger partial charge in [-0.15, -0.1) is 0 Å². The molecule has 2 rings (SSSR count). The predicted octanol–water partition coefficient (Wildman–Crippen LogP) is 2.96. The van der Waals surface area contributed by atoms with E-state index >= 15 is 0 Å². The minimum atomic E-state index is -0.627. The van der Waals surface area contributed by atoms with Crippen LogP contribution in [0, 0.1) is 5.82 Å². The average Bonchev–Trinajstić information content (AvgIpc) is 2.54. The van der Waals surface area contributed by atoms with Crippen LogP contribution in [0.3, 0.4) is 0 Å². The number of benzene rings is 2. The second-order valence-corrected chi connectivity index (χ2v) is 5.50. The van der Waals surface area contributed by atoms with Crippen molar-refractivity contribution < 1.29 is 19.1 Å². The van der Waals surface area contributed by atoms with E-state index in [1.54, 1.807) is 13.0 Å². The van der Waals surface area contributed by atoms with Crippen molar-refractivity contribution in [2.75, 3.05) is 5.32 Å². The summed E-state index contributed by atoms with van der Waals surface area (Å²) in [4.78, 5) is 23.8. The lowest BCUT2D eigenvalue weighted by atomic mass is 10.2. The molecule has 0 unspecified atom stereocenters. The van der Waals surface area contributed by atoms with E-state index in [0.29, 0.717) is 16.4 Å². The van der Waals surface area contributed by atoms with Crippen molar-refractivity contribution in [1.29, 1.82) is 0 Å². The van der Waals surface area contributed by atoms with Gasteiger partial charge in [-0.1, -0.05) is 17.7 Å². The van der Waals surface area contributed by atoms with Gasteiger partial charge in [0.15, 0.2) is 0 Å². The summed E-state index contributed by atoms with van der Waals surface area (Å²) in [5, 5.41) is 12.4. The number of aromatic hydroxyl groups is 1. The van der Waals surface area contributed by atoms with Gasteiger partial charge in [-0.3, -0.25) is 15.0 Å². The number of hydrogen-bond acceptors (Lipinski definition) is 4. The van der Waals surface area contributed by atoms with Gasteiger partial charge in [-0.05, 0) is 43.3 Å². The molecule has 0 radical (unpaired) electrons. The maximum Gasteiger partial charge on any atom is 0.273 e. The number of phenolic OH excluding ortho intramolecular Hbond substituents is 1. The van der Waals surface area contributed by atoms with E-state index in [4.69, 9.17) is 11.6 Å². The molecule has 0 atom stereocenters. The first-order chi connectivity index (χ1) is 11.8. The Hall–Kier alpha value is -3.06. The Morgan fingerprint density at radius 1 is 1.16 bits per heavy atom. The first-order valence-electron chi connectivity index (χ1n) is 7.15. The Morgan fingerprint density at radius 2 is 1.92 bits per heavy atom. The van der Waals surface area contributed by atoms with Crippen LogP contribution in [0.15, 0.2) is 54.2 Å². The SMILES string of the molecule is C/C(=C/C(=O)Nc1cccc(F)c1)NNC(=O)c1cc(Cl)ccc1O. The molecule has 0 fully saturated rings. The van der Waals surface area contributed by atoms with E-state index < -0.39 is 17.6 Å². The molecule has 0 spiro atoms. The van der Waals surface area contributed by atoms with Crippen molar-refractivity contribution in [1.82, 2.24) is 10.9 Å². The Labute approximate surface area is 148 Å². The summed E-state index contributed by atoms with van der Waals surface area (Å²) in [5.41, 5.74) is 5.47. The molecule has 0 aliphatic heterocycles. The lowest BCUT2D eigenvalue weighted by molar-refractivity contribution is -0.112. The molecule has 0 aromatic heterocycles. The van der Waals surface area contributed by atoms with E-state index in [2.05, 4.69) is 16.2 Å². The molecule has 130 valence electrons. The highest BCUT2D eigenvalue weighted by atomic mass is 35.5. The number of anilines is 1. The molecular formula is C17H15ClFN3O3. The van der Waals surface area contributed by atoms with Crippen LogP contribution in [-0.2, 0) is 4.79 Å². The second-order valence-electron chi connectivity index (χ2n) is 5.07. The molecule has 6 nitrogen and oxygen atoms in total. The monoisotopic (exact) mass is 363 g/mol. The molecule has 2 aromatic rings. The van der Waals surface area contributed by atoms with Crippen molar-refractivity contribution >= 4 is 29.1 Å². The molecule has 4 N–H and O–H groups in total. The highest BCUT2D eigenvalue weighted by Gasteiger charge is 2.11. The van der Waals surface area contributed by atoms with Crippen LogP contribution in [0.4, 0.5) is 10.1 Å². The van der Waals surface area contributed by atoms with E-state index in [1.165, 1.54) is 42.5 Å². The lowest BCUT2D eigenvalue weighted by Crippen LogP contribution is -2.36. The molecule has 2 aromatic carbocycles. The minimum Gasteiger partial charge on any atom is -0.507 e. The van der Waals surface area contributed by atoms with E-state index in [0.717, 1.165) is 0 Å². The number of hydrazine groups is 1. The van der Waals surface area contributed by atoms with Crippen molar-refractivity contribution in [3.63, 3.8) is 0 Å². The third kappa shape index (κ3) is 5.50. The third-order valence-electron chi connectivity index (χ3n) is 3.02.